The highest BCUT2D eigenvalue weighted by atomic mass is 19.1. The summed E-state index contributed by atoms with van der Waals surface area (Å²) in [6, 6.07) is 23.9. The smallest absolute Gasteiger partial charge is 0.123 e. The molecule has 150 valence electrons. The standard InChI is InChI=1S/C27H25FN2/c1-19-8-13-26-23(16-19)25-17-29(2)15-14-27(25)30(26)18-24(20-6-4-3-5-7-20)21-9-11-22(28)12-10-21/h3-13,16,18H,14-15,17H2,1-2H3. The Morgan fingerprint density at radius 3 is 2.43 bits per heavy atom. The summed E-state index contributed by atoms with van der Waals surface area (Å²) in [4.78, 5) is 2.39. The molecule has 4 aromatic rings. The fraction of sp³-hybridized carbons (Fsp3) is 0.185. The third kappa shape index (κ3) is 3.35. The van der Waals surface area contributed by atoms with Crippen molar-refractivity contribution < 1.29 is 4.39 Å². The van der Waals surface area contributed by atoms with Crippen LogP contribution in [-0.2, 0) is 13.0 Å². The molecule has 0 saturated heterocycles. The molecule has 0 bridgehead atoms. The topological polar surface area (TPSA) is 8.17 Å². The number of aryl methyl sites for hydroxylation is 1. The van der Waals surface area contributed by atoms with Gasteiger partial charge in [-0.25, -0.2) is 4.39 Å². The van der Waals surface area contributed by atoms with Crippen molar-refractivity contribution in [3.05, 3.63) is 107 Å². The number of aromatic nitrogens is 1. The van der Waals surface area contributed by atoms with E-state index in [4.69, 9.17) is 0 Å². The maximum atomic E-state index is 13.6. The number of fused-ring (bicyclic) bond motifs is 3. The van der Waals surface area contributed by atoms with Crippen LogP contribution >= 0.6 is 0 Å². The van der Waals surface area contributed by atoms with Crippen LogP contribution < -0.4 is 0 Å². The van der Waals surface area contributed by atoms with Gasteiger partial charge < -0.3 is 9.47 Å². The van der Waals surface area contributed by atoms with E-state index in [0.29, 0.717) is 0 Å². The quantitative estimate of drug-likeness (QED) is 0.405. The van der Waals surface area contributed by atoms with E-state index in [1.807, 2.05) is 30.3 Å². The van der Waals surface area contributed by atoms with Crippen molar-refractivity contribution in [2.45, 2.75) is 19.9 Å². The summed E-state index contributed by atoms with van der Waals surface area (Å²) in [7, 11) is 2.19. The molecule has 1 aliphatic rings. The van der Waals surface area contributed by atoms with Gasteiger partial charge in [0.1, 0.15) is 5.82 Å². The lowest BCUT2D eigenvalue weighted by molar-refractivity contribution is 0.312. The third-order valence-electron chi connectivity index (χ3n) is 6.03. The highest BCUT2D eigenvalue weighted by Gasteiger charge is 2.22. The molecule has 0 unspecified atom stereocenters. The first-order valence-corrected chi connectivity index (χ1v) is 10.4. The molecule has 0 atom stereocenters. The maximum absolute atomic E-state index is 13.6. The Bertz CT molecular complexity index is 1230. The highest BCUT2D eigenvalue weighted by molar-refractivity contribution is 5.93. The normalized spacial score (nSPS) is 14.8. The Labute approximate surface area is 176 Å². The molecule has 0 fully saturated rings. The molecule has 0 N–H and O–H groups in total. The Kier molecular flexibility index (Phi) is 4.76. The lowest BCUT2D eigenvalue weighted by atomic mass is 9.98. The van der Waals surface area contributed by atoms with Crippen molar-refractivity contribution in [1.29, 1.82) is 0 Å². The molecule has 3 aromatic carbocycles. The highest BCUT2D eigenvalue weighted by Crippen LogP contribution is 2.34. The van der Waals surface area contributed by atoms with Crippen molar-refractivity contribution in [3.8, 4) is 0 Å². The molecule has 0 radical (unpaired) electrons. The fourth-order valence-corrected chi connectivity index (χ4v) is 4.48. The van der Waals surface area contributed by atoms with Crippen molar-refractivity contribution in [3.63, 3.8) is 0 Å². The van der Waals surface area contributed by atoms with Crippen LogP contribution in [0.2, 0.25) is 0 Å². The van der Waals surface area contributed by atoms with Crippen LogP contribution in [0.15, 0.2) is 72.8 Å². The zero-order chi connectivity index (χ0) is 20.7. The fourth-order valence-electron chi connectivity index (χ4n) is 4.48. The van der Waals surface area contributed by atoms with Gasteiger partial charge in [-0.2, -0.15) is 0 Å². The summed E-state index contributed by atoms with van der Waals surface area (Å²) in [6.07, 6.45) is 3.26. The zero-order valence-corrected chi connectivity index (χ0v) is 17.4. The Hall–Kier alpha value is -3.17. The number of benzene rings is 3. The molecule has 30 heavy (non-hydrogen) atoms. The van der Waals surface area contributed by atoms with Crippen LogP contribution in [-0.4, -0.2) is 23.1 Å². The van der Waals surface area contributed by atoms with Crippen molar-refractivity contribution in [2.75, 3.05) is 13.6 Å². The van der Waals surface area contributed by atoms with Gasteiger partial charge in [0, 0.05) is 42.4 Å². The molecule has 0 spiro atoms. The maximum Gasteiger partial charge on any atom is 0.123 e. The Morgan fingerprint density at radius 2 is 1.67 bits per heavy atom. The molecule has 2 heterocycles. The number of nitrogens with zero attached hydrogens (tertiary/aromatic N) is 2. The molecule has 2 nitrogen and oxygen atoms in total. The van der Waals surface area contributed by atoms with Gasteiger partial charge in [0.15, 0.2) is 0 Å². The van der Waals surface area contributed by atoms with E-state index in [9.17, 15) is 4.39 Å². The van der Waals surface area contributed by atoms with Crippen molar-refractivity contribution in [1.82, 2.24) is 9.47 Å². The Balaban J connectivity index is 1.78. The van der Waals surface area contributed by atoms with Crippen LogP contribution in [0.3, 0.4) is 0 Å². The number of hydrogen-bond acceptors (Lipinski definition) is 1. The molecular formula is C27H25FN2. The summed E-state index contributed by atoms with van der Waals surface area (Å²) < 4.78 is 16.0. The molecule has 0 amide bonds. The van der Waals surface area contributed by atoms with Crippen LogP contribution in [0.4, 0.5) is 4.39 Å². The van der Waals surface area contributed by atoms with Gasteiger partial charge in [0.05, 0.1) is 5.52 Å². The number of likely N-dealkylation sites (N-methyl/N-ethyl adjacent to an activating group) is 1. The Morgan fingerprint density at radius 1 is 0.933 bits per heavy atom. The minimum absolute atomic E-state index is 0.214. The van der Waals surface area contributed by atoms with Crippen molar-refractivity contribution >= 4 is 22.7 Å². The molecule has 0 aliphatic carbocycles. The molecular weight excluding hydrogens is 371 g/mol. The van der Waals surface area contributed by atoms with Gasteiger partial charge in [0.2, 0.25) is 0 Å². The van der Waals surface area contributed by atoms with Gasteiger partial charge >= 0.3 is 0 Å². The van der Waals surface area contributed by atoms with E-state index < -0.39 is 0 Å². The summed E-state index contributed by atoms with van der Waals surface area (Å²) in [5.74, 6) is -0.214. The van der Waals surface area contributed by atoms with E-state index >= 15 is 0 Å². The predicted molar refractivity (Wildman–Crippen MR) is 123 cm³/mol. The van der Waals surface area contributed by atoms with E-state index in [2.05, 4.69) is 60.0 Å². The van der Waals surface area contributed by atoms with E-state index in [0.717, 1.165) is 36.2 Å². The van der Waals surface area contributed by atoms with E-state index in [1.165, 1.54) is 39.9 Å². The average Bonchev–Trinajstić information content (AvgIpc) is 3.05. The summed E-state index contributed by atoms with van der Waals surface area (Å²) in [5.41, 5.74) is 8.54. The molecule has 3 heteroatoms. The van der Waals surface area contributed by atoms with Gasteiger partial charge in [-0.05, 0) is 54.9 Å². The van der Waals surface area contributed by atoms with E-state index in [1.54, 1.807) is 0 Å². The van der Waals surface area contributed by atoms with Gasteiger partial charge in [0.25, 0.3) is 0 Å². The molecule has 5 rings (SSSR count). The minimum Gasteiger partial charge on any atom is -0.319 e. The van der Waals surface area contributed by atoms with Gasteiger partial charge in [-0.1, -0.05) is 54.1 Å². The predicted octanol–water partition coefficient (Wildman–Crippen LogP) is 6.12. The van der Waals surface area contributed by atoms with Crippen LogP contribution in [0.5, 0.6) is 0 Å². The first-order chi connectivity index (χ1) is 14.6. The zero-order valence-electron chi connectivity index (χ0n) is 17.4. The SMILES string of the molecule is Cc1ccc2c(c1)c1c(n2C=C(c2ccccc2)c2ccc(F)cc2)CCN(C)C1. The summed E-state index contributed by atoms with van der Waals surface area (Å²) >= 11 is 0. The summed E-state index contributed by atoms with van der Waals surface area (Å²) in [6.45, 7) is 4.17. The van der Waals surface area contributed by atoms with Crippen LogP contribution in [0, 0.1) is 12.7 Å². The average molecular weight is 397 g/mol. The second-order valence-electron chi connectivity index (χ2n) is 8.22. The van der Waals surface area contributed by atoms with Gasteiger partial charge in [-0.3, -0.25) is 0 Å². The molecule has 0 saturated carbocycles. The first kappa shape index (κ1) is 18.8. The number of rotatable bonds is 3. The third-order valence-corrected chi connectivity index (χ3v) is 6.03. The lowest BCUT2D eigenvalue weighted by Gasteiger charge is -2.24. The minimum atomic E-state index is -0.214. The lowest BCUT2D eigenvalue weighted by Crippen LogP contribution is -2.26. The second-order valence-corrected chi connectivity index (χ2v) is 8.22. The van der Waals surface area contributed by atoms with Crippen LogP contribution in [0.25, 0.3) is 22.7 Å². The first-order valence-electron chi connectivity index (χ1n) is 10.4. The number of halogens is 1. The van der Waals surface area contributed by atoms with Crippen molar-refractivity contribution in [2.24, 2.45) is 0 Å². The molecule has 1 aliphatic heterocycles. The monoisotopic (exact) mass is 396 g/mol. The number of hydrogen-bond donors (Lipinski definition) is 0. The largest absolute Gasteiger partial charge is 0.319 e. The van der Waals surface area contributed by atoms with Gasteiger partial charge in [-0.15, -0.1) is 0 Å². The second kappa shape index (κ2) is 7.58. The summed E-state index contributed by atoms with van der Waals surface area (Å²) in [5, 5.41) is 1.33. The van der Waals surface area contributed by atoms with Crippen LogP contribution in [0.1, 0.15) is 27.9 Å². The van der Waals surface area contributed by atoms with E-state index in [-0.39, 0.29) is 5.82 Å². The molecule has 1 aromatic heterocycles.